The molecule has 180 valence electrons. The van der Waals surface area contributed by atoms with Crippen molar-refractivity contribution in [2.75, 3.05) is 7.11 Å². The second-order valence-electron chi connectivity index (χ2n) is 7.39. The van der Waals surface area contributed by atoms with Gasteiger partial charge in [0, 0.05) is 47.4 Å². The van der Waals surface area contributed by atoms with Gasteiger partial charge in [-0.25, -0.2) is 0 Å². The van der Waals surface area contributed by atoms with E-state index in [9.17, 15) is 18.0 Å². The standard InChI is InChI=1S/C24H20F3N5O3/c1-34-18-6-2-15(3-7-18)11-29-12-16(10-28)21-14-32(23(33)22-20(21)13-30-31-22)17-4-8-19(9-5-17)35-24(25,26)27/h2-10,12-14,28-29H,11H2,1H3,(H,30,31)/b16-12+,28-10?. The summed E-state index contributed by atoms with van der Waals surface area (Å²) in [5, 5.41) is 18.2. The topological polar surface area (TPSA) is 105 Å². The van der Waals surface area contributed by atoms with Gasteiger partial charge in [-0.2, -0.15) is 5.10 Å². The van der Waals surface area contributed by atoms with Crippen molar-refractivity contribution in [2.24, 2.45) is 0 Å². The predicted molar refractivity (Wildman–Crippen MR) is 125 cm³/mol. The number of halogens is 3. The molecule has 0 radical (unpaired) electrons. The SMILES string of the molecule is COc1ccc(CN/C=C(\C=N)c2cn(-c3ccc(OC(F)(F)F)cc3)c(=O)c3[nH]ncc23)cc1. The van der Waals surface area contributed by atoms with Crippen LogP contribution in [0.25, 0.3) is 22.2 Å². The van der Waals surface area contributed by atoms with Crippen molar-refractivity contribution in [3.8, 4) is 17.2 Å². The minimum Gasteiger partial charge on any atom is -0.497 e. The fraction of sp³-hybridized carbons (Fsp3) is 0.125. The molecule has 35 heavy (non-hydrogen) atoms. The van der Waals surface area contributed by atoms with Crippen LogP contribution in [-0.4, -0.2) is 34.5 Å². The molecule has 0 aliphatic carbocycles. The third-order valence-electron chi connectivity index (χ3n) is 5.16. The Morgan fingerprint density at radius 1 is 1.14 bits per heavy atom. The van der Waals surface area contributed by atoms with Crippen LogP contribution in [0.15, 0.2) is 71.9 Å². The number of allylic oxidation sites excluding steroid dienone is 1. The predicted octanol–water partition coefficient (Wildman–Crippen LogP) is 4.40. The molecule has 11 heteroatoms. The molecule has 0 saturated carbocycles. The van der Waals surface area contributed by atoms with Gasteiger partial charge in [-0.1, -0.05) is 12.1 Å². The van der Waals surface area contributed by atoms with Crippen molar-refractivity contribution in [1.29, 1.82) is 5.41 Å². The van der Waals surface area contributed by atoms with E-state index in [-0.39, 0.29) is 5.52 Å². The summed E-state index contributed by atoms with van der Waals surface area (Å²) in [6.07, 6.45) is 0.970. The molecule has 4 rings (SSSR count). The zero-order valence-corrected chi connectivity index (χ0v) is 18.4. The van der Waals surface area contributed by atoms with Gasteiger partial charge in [0.1, 0.15) is 17.0 Å². The van der Waals surface area contributed by atoms with Crippen LogP contribution in [0, 0.1) is 5.41 Å². The Hall–Kier alpha value is -4.54. The Labute approximate surface area is 197 Å². The number of fused-ring (bicyclic) bond motifs is 1. The van der Waals surface area contributed by atoms with Crippen LogP contribution < -0.4 is 20.3 Å². The second-order valence-corrected chi connectivity index (χ2v) is 7.39. The third-order valence-corrected chi connectivity index (χ3v) is 5.16. The number of aromatic amines is 1. The first-order valence-corrected chi connectivity index (χ1v) is 10.3. The fourth-order valence-corrected chi connectivity index (χ4v) is 3.48. The Morgan fingerprint density at radius 2 is 1.83 bits per heavy atom. The summed E-state index contributed by atoms with van der Waals surface area (Å²) in [5.41, 5.74) is 2.06. The third kappa shape index (κ3) is 5.35. The zero-order valence-electron chi connectivity index (χ0n) is 18.4. The summed E-state index contributed by atoms with van der Waals surface area (Å²) in [6.45, 7) is 0.482. The molecule has 8 nitrogen and oxygen atoms in total. The second kappa shape index (κ2) is 9.75. The maximum absolute atomic E-state index is 13.0. The molecule has 4 aromatic rings. The van der Waals surface area contributed by atoms with E-state index in [0.717, 1.165) is 29.7 Å². The lowest BCUT2D eigenvalue weighted by Crippen LogP contribution is -2.20. The maximum Gasteiger partial charge on any atom is 0.573 e. The lowest BCUT2D eigenvalue weighted by molar-refractivity contribution is -0.274. The van der Waals surface area contributed by atoms with Crippen molar-refractivity contribution < 1.29 is 22.6 Å². The van der Waals surface area contributed by atoms with Crippen LogP contribution in [0.1, 0.15) is 11.1 Å². The molecule has 0 aliphatic rings. The number of benzene rings is 2. The van der Waals surface area contributed by atoms with Crippen molar-refractivity contribution in [3.05, 3.63) is 88.6 Å². The van der Waals surface area contributed by atoms with Crippen LogP contribution in [-0.2, 0) is 6.54 Å². The van der Waals surface area contributed by atoms with Crippen LogP contribution in [0.4, 0.5) is 13.2 Å². The van der Waals surface area contributed by atoms with Crippen molar-refractivity contribution >= 4 is 22.7 Å². The number of alkyl halides is 3. The lowest BCUT2D eigenvalue weighted by Gasteiger charge is -2.13. The van der Waals surface area contributed by atoms with Gasteiger partial charge in [-0.3, -0.25) is 14.5 Å². The highest BCUT2D eigenvalue weighted by atomic mass is 19.4. The number of methoxy groups -OCH3 is 1. The molecule has 3 N–H and O–H groups in total. The van der Waals surface area contributed by atoms with Crippen molar-refractivity contribution in [3.63, 3.8) is 0 Å². The summed E-state index contributed by atoms with van der Waals surface area (Å²) in [6, 6.07) is 12.4. The first-order valence-electron chi connectivity index (χ1n) is 10.3. The molecule has 0 bridgehead atoms. The molecule has 0 fully saturated rings. The van der Waals surface area contributed by atoms with Crippen LogP contribution in [0.3, 0.4) is 0 Å². The van der Waals surface area contributed by atoms with Gasteiger partial charge in [0.25, 0.3) is 5.56 Å². The molecular weight excluding hydrogens is 463 g/mol. The minimum atomic E-state index is -4.82. The van der Waals surface area contributed by atoms with Gasteiger partial charge < -0.3 is 20.2 Å². The van der Waals surface area contributed by atoms with Crippen LogP contribution >= 0.6 is 0 Å². The summed E-state index contributed by atoms with van der Waals surface area (Å²) >= 11 is 0. The number of hydrogen-bond donors (Lipinski definition) is 3. The number of rotatable bonds is 8. The summed E-state index contributed by atoms with van der Waals surface area (Å²) in [5.74, 6) is 0.340. The maximum atomic E-state index is 13.0. The van der Waals surface area contributed by atoms with Crippen LogP contribution in [0.2, 0.25) is 0 Å². The number of ether oxygens (including phenoxy) is 2. The van der Waals surface area contributed by atoms with Gasteiger partial charge in [-0.05, 0) is 42.0 Å². The highest BCUT2D eigenvalue weighted by Gasteiger charge is 2.31. The van der Waals surface area contributed by atoms with Crippen LogP contribution in [0.5, 0.6) is 11.5 Å². The zero-order chi connectivity index (χ0) is 25.0. The van der Waals surface area contributed by atoms with E-state index in [1.54, 1.807) is 13.3 Å². The Bertz CT molecular complexity index is 1420. The molecular formula is C24H20F3N5O3. The number of H-pyrrole nitrogens is 1. The first-order chi connectivity index (χ1) is 16.8. The van der Waals surface area contributed by atoms with E-state index in [0.29, 0.717) is 28.8 Å². The Morgan fingerprint density at radius 3 is 2.46 bits per heavy atom. The average molecular weight is 483 g/mol. The lowest BCUT2D eigenvalue weighted by atomic mass is 10.1. The molecule has 0 amide bonds. The summed E-state index contributed by atoms with van der Waals surface area (Å²) < 4.78 is 47.7. The first kappa shape index (κ1) is 23.6. The minimum absolute atomic E-state index is 0.195. The highest BCUT2D eigenvalue weighted by Crippen LogP contribution is 2.25. The van der Waals surface area contributed by atoms with E-state index in [1.807, 2.05) is 24.3 Å². The van der Waals surface area contributed by atoms with E-state index in [2.05, 4.69) is 20.3 Å². The number of nitrogens with zero attached hydrogens (tertiary/aromatic N) is 2. The molecule has 2 aromatic heterocycles. The van der Waals surface area contributed by atoms with Gasteiger partial charge >= 0.3 is 6.36 Å². The highest BCUT2D eigenvalue weighted by molar-refractivity contribution is 6.13. The van der Waals surface area contributed by atoms with E-state index in [4.69, 9.17) is 10.1 Å². The van der Waals surface area contributed by atoms with Crippen molar-refractivity contribution in [2.45, 2.75) is 12.9 Å². The summed E-state index contributed by atoms with van der Waals surface area (Å²) in [7, 11) is 1.59. The smallest absolute Gasteiger partial charge is 0.497 e. The van der Waals surface area contributed by atoms with Gasteiger partial charge in [0.2, 0.25) is 0 Å². The monoisotopic (exact) mass is 483 g/mol. The summed E-state index contributed by atoms with van der Waals surface area (Å²) in [4.78, 5) is 13.0. The number of aromatic nitrogens is 3. The number of pyridine rings is 1. The molecule has 0 spiro atoms. The Kier molecular flexibility index (Phi) is 6.58. The molecule has 0 atom stereocenters. The van der Waals surface area contributed by atoms with Crippen molar-refractivity contribution in [1.82, 2.24) is 20.1 Å². The molecule has 0 aliphatic heterocycles. The van der Waals surface area contributed by atoms with E-state index < -0.39 is 17.7 Å². The Balaban J connectivity index is 1.67. The molecule has 0 unspecified atom stereocenters. The fourth-order valence-electron chi connectivity index (χ4n) is 3.48. The van der Waals surface area contributed by atoms with Gasteiger partial charge in [0.05, 0.1) is 13.3 Å². The number of hydrogen-bond acceptors (Lipinski definition) is 6. The normalized spacial score (nSPS) is 11.9. The molecule has 0 saturated heterocycles. The van der Waals surface area contributed by atoms with Gasteiger partial charge in [0.15, 0.2) is 0 Å². The average Bonchev–Trinajstić information content (AvgIpc) is 3.33. The largest absolute Gasteiger partial charge is 0.573 e. The molecule has 2 aromatic carbocycles. The van der Waals surface area contributed by atoms with E-state index >= 15 is 0 Å². The quantitative estimate of drug-likeness (QED) is 0.322. The van der Waals surface area contributed by atoms with Gasteiger partial charge in [-0.15, -0.1) is 13.2 Å². The number of nitrogens with one attached hydrogen (secondary N) is 3. The molecule has 2 heterocycles. The van der Waals surface area contributed by atoms with E-state index in [1.165, 1.54) is 29.1 Å².